The molecule has 0 spiro atoms. The van der Waals surface area contributed by atoms with E-state index in [2.05, 4.69) is 22.2 Å². The molecule has 0 aliphatic heterocycles. The summed E-state index contributed by atoms with van der Waals surface area (Å²) in [6, 6.07) is 3.86. The normalized spacial score (nSPS) is 16.1. The summed E-state index contributed by atoms with van der Waals surface area (Å²) in [5.41, 5.74) is 0.594. The fraction of sp³-hybridized carbons (Fsp3) is 0.357. The summed E-state index contributed by atoms with van der Waals surface area (Å²) < 4.78 is 1.80. The maximum Gasteiger partial charge on any atom is 0.253 e. The molecular formula is C14H16N4O. The predicted molar refractivity (Wildman–Crippen MR) is 71.0 cm³/mol. The van der Waals surface area contributed by atoms with E-state index < -0.39 is 0 Å². The van der Waals surface area contributed by atoms with E-state index in [1.807, 2.05) is 12.3 Å². The molecule has 0 saturated heterocycles. The van der Waals surface area contributed by atoms with Crippen molar-refractivity contribution in [2.45, 2.75) is 25.8 Å². The minimum absolute atomic E-state index is 0.0518. The number of carbonyl (C=O) groups excluding carboxylic acids is 1. The van der Waals surface area contributed by atoms with Crippen LogP contribution in [0.5, 0.6) is 0 Å². The van der Waals surface area contributed by atoms with Gasteiger partial charge in [0.15, 0.2) is 0 Å². The van der Waals surface area contributed by atoms with E-state index in [-0.39, 0.29) is 11.9 Å². The second-order valence-electron chi connectivity index (χ2n) is 4.97. The molecule has 0 radical (unpaired) electrons. The van der Waals surface area contributed by atoms with E-state index in [4.69, 9.17) is 0 Å². The Bertz CT molecular complexity index is 558. The highest BCUT2D eigenvalue weighted by atomic mass is 16.1. The molecule has 2 aromatic heterocycles. The summed E-state index contributed by atoms with van der Waals surface area (Å²) in [7, 11) is 0. The minimum Gasteiger partial charge on any atom is -0.349 e. The third kappa shape index (κ3) is 2.65. The third-order valence-corrected chi connectivity index (χ3v) is 3.47. The summed E-state index contributed by atoms with van der Waals surface area (Å²) in [4.78, 5) is 20.3. The van der Waals surface area contributed by atoms with Gasteiger partial charge in [-0.05, 0) is 37.8 Å². The molecule has 1 saturated carbocycles. The first-order valence-corrected chi connectivity index (χ1v) is 6.49. The highest BCUT2D eigenvalue weighted by molar-refractivity contribution is 5.94. The fourth-order valence-corrected chi connectivity index (χ4v) is 2.07. The number of nitrogens with zero attached hydrogens (tertiary/aromatic N) is 3. The largest absolute Gasteiger partial charge is 0.349 e. The van der Waals surface area contributed by atoms with Gasteiger partial charge in [-0.3, -0.25) is 9.36 Å². The zero-order chi connectivity index (χ0) is 13.2. The van der Waals surface area contributed by atoms with Crippen LogP contribution in [0.4, 0.5) is 0 Å². The maximum atomic E-state index is 12.0. The van der Waals surface area contributed by atoms with Crippen molar-refractivity contribution in [2.75, 3.05) is 0 Å². The summed E-state index contributed by atoms with van der Waals surface area (Å²) >= 11 is 0. The Kier molecular flexibility index (Phi) is 3.03. The molecule has 2 aromatic rings. The zero-order valence-corrected chi connectivity index (χ0v) is 10.8. The lowest BCUT2D eigenvalue weighted by atomic mass is 10.2. The number of nitrogens with one attached hydrogen (secondary N) is 1. The second kappa shape index (κ2) is 4.84. The molecule has 5 nitrogen and oxygen atoms in total. The number of rotatable bonds is 4. The molecule has 98 valence electrons. The van der Waals surface area contributed by atoms with Crippen LogP contribution in [0.15, 0.2) is 37.1 Å². The van der Waals surface area contributed by atoms with Crippen LogP contribution in [-0.2, 0) is 0 Å². The van der Waals surface area contributed by atoms with Gasteiger partial charge < -0.3 is 5.32 Å². The summed E-state index contributed by atoms with van der Waals surface area (Å²) in [5, 5.41) is 3.01. The first-order valence-electron chi connectivity index (χ1n) is 6.49. The standard InChI is InChI=1S/C14H16N4O/c1-10(11-2-3-11)17-14(19)12-4-5-13(16-8-12)18-7-6-15-9-18/h4-11H,2-3H2,1H3,(H,17,19). The lowest BCUT2D eigenvalue weighted by molar-refractivity contribution is 0.0935. The van der Waals surface area contributed by atoms with E-state index >= 15 is 0 Å². The second-order valence-corrected chi connectivity index (χ2v) is 4.97. The molecule has 1 aliphatic rings. The van der Waals surface area contributed by atoms with Crippen LogP contribution in [-0.4, -0.2) is 26.5 Å². The molecule has 2 heterocycles. The molecule has 0 aromatic carbocycles. The minimum atomic E-state index is -0.0518. The van der Waals surface area contributed by atoms with Gasteiger partial charge in [-0.1, -0.05) is 0 Å². The van der Waals surface area contributed by atoms with Gasteiger partial charge in [0, 0.05) is 24.6 Å². The number of carbonyl (C=O) groups is 1. The van der Waals surface area contributed by atoms with Crippen molar-refractivity contribution in [1.82, 2.24) is 19.9 Å². The topological polar surface area (TPSA) is 59.8 Å². The number of aromatic nitrogens is 3. The molecule has 3 rings (SSSR count). The molecule has 1 aliphatic carbocycles. The number of pyridine rings is 1. The molecule has 1 fully saturated rings. The Morgan fingerprint density at radius 1 is 1.47 bits per heavy atom. The predicted octanol–water partition coefficient (Wildman–Crippen LogP) is 1.80. The first kappa shape index (κ1) is 11.9. The van der Waals surface area contributed by atoms with Gasteiger partial charge in [-0.25, -0.2) is 9.97 Å². The molecule has 1 N–H and O–H groups in total. The SMILES string of the molecule is CC(NC(=O)c1ccc(-n2ccnc2)nc1)C1CC1. The van der Waals surface area contributed by atoms with E-state index in [1.54, 1.807) is 29.4 Å². The number of imidazole rings is 1. The van der Waals surface area contributed by atoms with Crippen molar-refractivity contribution in [3.63, 3.8) is 0 Å². The van der Waals surface area contributed by atoms with Crippen molar-refractivity contribution in [3.8, 4) is 5.82 Å². The smallest absolute Gasteiger partial charge is 0.253 e. The van der Waals surface area contributed by atoms with Crippen LogP contribution >= 0.6 is 0 Å². The van der Waals surface area contributed by atoms with E-state index in [1.165, 1.54) is 12.8 Å². The molecule has 1 amide bonds. The van der Waals surface area contributed by atoms with Gasteiger partial charge in [0.05, 0.1) is 5.56 Å². The summed E-state index contributed by atoms with van der Waals surface area (Å²) in [6.45, 7) is 2.06. The number of hydrogen-bond donors (Lipinski definition) is 1. The maximum absolute atomic E-state index is 12.0. The Morgan fingerprint density at radius 2 is 2.32 bits per heavy atom. The molecule has 1 unspecified atom stereocenters. The van der Waals surface area contributed by atoms with Gasteiger partial charge in [0.1, 0.15) is 12.1 Å². The Labute approximate surface area is 111 Å². The van der Waals surface area contributed by atoms with Crippen LogP contribution in [0.1, 0.15) is 30.1 Å². The lowest BCUT2D eigenvalue weighted by Crippen LogP contribution is -2.34. The Hall–Kier alpha value is -2.17. The van der Waals surface area contributed by atoms with E-state index in [0.29, 0.717) is 11.5 Å². The highest BCUT2D eigenvalue weighted by Gasteiger charge is 2.29. The van der Waals surface area contributed by atoms with Crippen LogP contribution in [0.25, 0.3) is 5.82 Å². The van der Waals surface area contributed by atoms with Gasteiger partial charge in [-0.2, -0.15) is 0 Å². The van der Waals surface area contributed by atoms with Crippen LogP contribution < -0.4 is 5.32 Å². The van der Waals surface area contributed by atoms with Crippen molar-refractivity contribution in [2.24, 2.45) is 5.92 Å². The van der Waals surface area contributed by atoms with Crippen molar-refractivity contribution >= 4 is 5.91 Å². The van der Waals surface area contributed by atoms with Crippen molar-refractivity contribution in [1.29, 1.82) is 0 Å². The quantitative estimate of drug-likeness (QED) is 0.907. The Morgan fingerprint density at radius 3 is 2.89 bits per heavy atom. The summed E-state index contributed by atoms with van der Waals surface area (Å²) in [5.74, 6) is 1.36. The molecule has 0 bridgehead atoms. The molecule has 5 heteroatoms. The van der Waals surface area contributed by atoms with E-state index in [9.17, 15) is 4.79 Å². The average Bonchev–Trinajstić information content (AvgIpc) is 3.14. The molecule has 1 atom stereocenters. The van der Waals surface area contributed by atoms with Crippen molar-refractivity contribution in [3.05, 3.63) is 42.6 Å². The molecule has 19 heavy (non-hydrogen) atoms. The van der Waals surface area contributed by atoms with Gasteiger partial charge >= 0.3 is 0 Å². The molecular weight excluding hydrogens is 240 g/mol. The number of amides is 1. The Balaban J connectivity index is 1.69. The summed E-state index contributed by atoms with van der Waals surface area (Å²) in [6.07, 6.45) is 9.23. The van der Waals surface area contributed by atoms with Crippen LogP contribution in [0, 0.1) is 5.92 Å². The van der Waals surface area contributed by atoms with Gasteiger partial charge in [-0.15, -0.1) is 0 Å². The van der Waals surface area contributed by atoms with Crippen LogP contribution in [0.3, 0.4) is 0 Å². The van der Waals surface area contributed by atoms with Gasteiger partial charge in [0.25, 0.3) is 5.91 Å². The number of hydrogen-bond acceptors (Lipinski definition) is 3. The average molecular weight is 256 g/mol. The first-order chi connectivity index (χ1) is 9.24. The van der Waals surface area contributed by atoms with Gasteiger partial charge in [0.2, 0.25) is 0 Å². The van der Waals surface area contributed by atoms with Crippen molar-refractivity contribution < 1.29 is 4.79 Å². The highest BCUT2D eigenvalue weighted by Crippen LogP contribution is 2.32. The fourth-order valence-electron chi connectivity index (χ4n) is 2.07. The third-order valence-electron chi connectivity index (χ3n) is 3.47. The zero-order valence-electron chi connectivity index (χ0n) is 10.8. The lowest BCUT2D eigenvalue weighted by Gasteiger charge is -2.12. The van der Waals surface area contributed by atoms with Crippen LogP contribution in [0.2, 0.25) is 0 Å². The monoisotopic (exact) mass is 256 g/mol. The van der Waals surface area contributed by atoms with E-state index in [0.717, 1.165) is 5.82 Å².